The second-order valence-electron chi connectivity index (χ2n) is 4.85. The minimum absolute atomic E-state index is 0.0146. The van der Waals surface area contributed by atoms with Crippen LogP contribution in [0.3, 0.4) is 0 Å². The smallest absolute Gasteiger partial charge is 0.335 e. The summed E-state index contributed by atoms with van der Waals surface area (Å²) in [7, 11) is 0. The number of imide groups is 1. The molecule has 1 aliphatic heterocycles. The molecule has 0 unspecified atom stereocenters. The van der Waals surface area contributed by atoms with Gasteiger partial charge in [0, 0.05) is 23.9 Å². The van der Waals surface area contributed by atoms with Gasteiger partial charge in [-0.15, -0.1) is 0 Å². The van der Waals surface area contributed by atoms with Crippen molar-refractivity contribution in [3.63, 3.8) is 0 Å². The number of hydrogen-bond donors (Lipinski definition) is 2. The molecule has 2 rings (SSSR count). The van der Waals surface area contributed by atoms with Crippen LogP contribution in [-0.4, -0.2) is 34.6 Å². The molecule has 1 aliphatic rings. The predicted molar refractivity (Wildman–Crippen MR) is 83.5 cm³/mol. The highest BCUT2D eigenvalue weighted by molar-refractivity contribution is 6.28. The van der Waals surface area contributed by atoms with Crippen molar-refractivity contribution in [1.82, 2.24) is 0 Å². The van der Waals surface area contributed by atoms with Gasteiger partial charge in [0.15, 0.2) is 5.78 Å². The Morgan fingerprint density at radius 2 is 1.67 bits per heavy atom. The number of rotatable bonds is 5. The van der Waals surface area contributed by atoms with E-state index in [9.17, 15) is 24.0 Å². The molecular weight excluding hydrogens is 316 g/mol. The lowest BCUT2D eigenvalue weighted by Gasteiger charge is -2.16. The van der Waals surface area contributed by atoms with Gasteiger partial charge >= 0.3 is 5.97 Å². The van der Waals surface area contributed by atoms with Gasteiger partial charge in [0.2, 0.25) is 5.91 Å². The first-order valence-electron chi connectivity index (χ1n) is 6.72. The molecule has 0 fully saturated rings. The molecule has 1 aromatic rings. The Kier molecular flexibility index (Phi) is 4.69. The maximum Gasteiger partial charge on any atom is 0.335 e. The van der Waals surface area contributed by atoms with Crippen LogP contribution in [0.5, 0.6) is 0 Å². The van der Waals surface area contributed by atoms with Crippen molar-refractivity contribution >= 4 is 40.8 Å². The Balaban J connectivity index is 2.37. The second kappa shape index (κ2) is 6.69. The van der Waals surface area contributed by atoms with Crippen LogP contribution in [0, 0.1) is 0 Å². The van der Waals surface area contributed by atoms with Crippen LogP contribution in [-0.2, 0) is 19.2 Å². The van der Waals surface area contributed by atoms with Crippen LogP contribution in [0.1, 0.15) is 17.3 Å². The molecule has 3 amide bonds. The van der Waals surface area contributed by atoms with Crippen LogP contribution in [0.15, 0.2) is 42.5 Å². The number of carboxylic acids is 1. The van der Waals surface area contributed by atoms with E-state index in [0.29, 0.717) is 0 Å². The molecule has 8 heteroatoms. The summed E-state index contributed by atoms with van der Waals surface area (Å²) < 4.78 is 0. The first kappa shape index (κ1) is 16.8. The van der Waals surface area contributed by atoms with E-state index >= 15 is 0 Å². The van der Waals surface area contributed by atoms with Crippen LogP contribution >= 0.6 is 0 Å². The van der Waals surface area contributed by atoms with E-state index < -0.39 is 23.7 Å². The minimum Gasteiger partial charge on any atom is -0.478 e. The molecule has 0 aromatic heterocycles. The van der Waals surface area contributed by atoms with Crippen molar-refractivity contribution in [3.8, 4) is 0 Å². The topological polar surface area (TPSA) is 121 Å². The maximum atomic E-state index is 11.7. The average Bonchev–Trinajstić information content (AvgIpc) is 2.83. The Bertz CT molecular complexity index is 804. The molecule has 24 heavy (non-hydrogen) atoms. The fourth-order valence-corrected chi connectivity index (χ4v) is 1.97. The standard InChI is InChI=1S/C16H12N2O6/c1-9(19)2-3-13(20)17-11-6-10(16(23)24)7-12(8-11)18-14(21)4-5-15(18)22/h2-8H,1H3,(H,17,20)(H,23,24)/b3-2-. The third-order valence-corrected chi connectivity index (χ3v) is 2.97. The number of nitrogens with one attached hydrogen (secondary N) is 1. The molecule has 0 bridgehead atoms. The van der Waals surface area contributed by atoms with Crippen molar-refractivity contribution < 1.29 is 29.1 Å². The zero-order chi connectivity index (χ0) is 17.9. The van der Waals surface area contributed by atoms with Crippen LogP contribution in [0.2, 0.25) is 0 Å². The molecular formula is C16H12N2O6. The molecule has 0 spiro atoms. The maximum absolute atomic E-state index is 11.7. The number of carboxylic acid groups (broad SMARTS) is 1. The van der Waals surface area contributed by atoms with E-state index in [1.54, 1.807) is 0 Å². The Morgan fingerprint density at radius 3 is 2.21 bits per heavy atom. The molecule has 0 atom stereocenters. The largest absolute Gasteiger partial charge is 0.478 e. The predicted octanol–water partition coefficient (Wildman–Crippen LogP) is 0.898. The Hall–Kier alpha value is -3.55. The van der Waals surface area contributed by atoms with E-state index in [1.807, 2.05) is 0 Å². The van der Waals surface area contributed by atoms with Crippen LogP contribution in [0.4, 0.5) is 11.4 Å². The highest BCUT2D eigenvalue weighted by Crippen LogP contribution is 2.25. The summed E-state index contributed by atoms with van der Waals surface area (Å²) in [5.74, 6) is -3.51. The molecule has 8 nitrogen and oxygen atoms in total. The van der Waals surface area contributed by atoms with E-state index in [4.69, 9.17) is 5.11 Å². The first-order valence-corrected chi connectivity index (χ1v) is 6.72. The molecule has 1 aromatic carbocycles. The summed E-state index contributed by atoms with van der Waals surface area (Å²) in [5.41, 5.74) is -0.137. The van der Waals surface area contributed by atoms with Gasteiger partial charge in [0.1, 0.15) is 0 Å². The quantitative estimate of drug-likeness (QED) is 0.612. The lowest BCUT2D eigenvalue weighted by atomic mass is 10.1. The number of benzene rings is 1. The summed E-state index contributed by atoms with van der Waals surface area (Å²) >= 11 is 0. The van der Waals surface area contributed by atoms with Gasteiger partial charge in [0.25, 0.3) is 11.8 Å². The van der Waals surface area contributed by atoms with Gasteiger partial charge < -0.3 is 10.4 Å². The number of hydrogen-bond acceptors (Lipinski definition) is 5. The number of ketones is 1. The van der Waals surface area contributed by atoms with Gasteiger partial charge in [0.05, 0.1) is 11.3 Å². The van der Waals surface area contributed by atoms with E-state index in [1.165, 1.54) is 19.1 Å². The van der Waals surface area contributed by atoms with Crippen LogP contribution < -0.4 is 10.2 Å². The number of allylic oxidation sites excluding steroid dienone is 1. The molecule has 0 radical (unpaired) electrons. The van der Waals surface area contributed by atoms with E-state index in [-0.39, 0.29) is 22.7 Å². The molecule has 0 saturated heterocycles. The van der Waals surface area contributed by atoms with Crippen molar-refractivity contribution in [3.05, 3.63) is 48.1 Å². The SMILES string of the molecule is CC(=O)/C=C\C(=O)Nc1cc(C(=O)O)cc(N2C(=O)C=CC2=O)c1. The third kappa shape index (κ3) is 3.80. The number of nitrogens with zero attached hydrogens (tertiary/aromatic N) is 1. The van der Waals surface area contributed by atoms with E-state index in [0.717, 1.165) is 35.3 Å². The third-order valence-electron chi connectivity index (χ3n) is 2.97. The van der Waals surface area contributed by atoms with Crippen LogP contribution in [0.25, 0.3) is 0 Å². The molecule has 0 saturated carbocycles. The number of amides is 3. The fourth-order valence-electron chi connectivity index (χ4n) is 1.97. The van der Waals surface area contributed by atoms with Gasteiger partial charge in [-0.3, -0.25) is 19.2 Å². The van der Waals surface area contributed by atoms with Gasteiger partial charge in [-0.2, -0.15) is 0 Å². The van der Waals surface area contributed by atoms with Gasteiger partial charge in [-0.25, -0.2) is 9.69 Å². The summed E-state index contributed by atoms with van der Waals surface area (Å²) in [4.78, 5) is 57.9. The lowest BCUT2D eigenvalue weighted by molar-refractivity contribution is -0.120. The molecule has 2 N–H and O–H groups in total. The monoisotopic (exact) mass is 328 g/mol. The minimum atomic E-state index is -1.29. The summed E-state index contributed by atoms with van der Waals surface area (Å²) in [6.45, 7) is 1.27. The molecule has 1 heterocycles. The fraction of sp³-hybridized carbons (Fsp3) is 0.0625. The number of aromatic carboxylic acids is 1. The molecule has 122 valence electrons. The highest BCUT2D eigenvalue weighted by Gasteiger charge is 2.26. The normalized spacial score (nSPS) is 13.6. The van der Waals surface area contributed by atoms with Crippen molar-refractivity contribution in [2.75, 3.05) is 10.2 Å². The summed E-state index contributed by atoms with van der Waals surface area (Å²) in [5, 5.41) is 11.5. The zero-order valence-electron chi connectivity index (χ0n) is 12.5. The molecule has 0 aliphatic carbocycles. The van der Waals surface area contributed by atoms with Crippen molar-refractivity contribution in [2.24, 2.45) is 0 Å². The number of anilines is 2. The number of carbonyl (C=O) groups excluding carboxylic acids is 4. The lowest BCUT2D eigenvalue weighted by Crippen LogP contribution is -2.29. The number of carbonyl (C=O) groups is 5. The van der Waals surface area contributed by atoms with Crippen molar-refractivity contribution in [2.45, 2.75) is 6.92 Å². The summed E-state index contributed by atoms with van der Waals surface area (Å²) in [6, 6.07) is 3.60. The van der Waals surface area contributed by atoms with Crippen molar-refractivity contribution in [1.29, 1.82) is 0 Å². The Labute approximate surface area is 136 Å². The first-order chi connectivity index (χ1) is 11.3. The van der Waals surface area contributed by atoms with E-state index in [2.05, 4.69) is 5.32 Å². The summed E-state index contributed by atoms with van der Waals surface area (Å²) in [6.07, 6.45) is 4.16. The highest BCUT2D eigenvalue weighted by atomic mass is 16.4. The van der Waals surface area contributed by atoms with Gasteiger partial charge in [-0.1, -0.05) is 0 Å². The average molecular weight is 328 g/mol. The zero-order valence-corrected chi connectivity index (χ0v) is 12.5. The second-order valence-corrected chi connectivity index (χ2v) is 4.85. The van der Waals surface area contributed by atoms with Gasteiger partial charge in [-0.05, 0) is 31.2 Å². The Morgan fingerprint density at radius 1 is 1.04 bits per heavy atom.